The number of nitrogens with one attached hydrogen (secondary N) is 1. The Morgan fingerprint density at radius 2 is 2.29 bits per heavy atom. The molecule has 0 amide bonds. The number of aromatic nitrogens is 3. The fraction of sp³-hybridized carbons (Fsp3) is 0.867. The van der Waals surface area contributed by atoms with Gasteiger partial charge < -0.3 is 15.2 Å². The Bertz CT molecular complexity index is 410. The molecule has 120 valence electrons. The van der Waals surface area contributed by atoms with Crippen molar-refractivity contribution in [3.05, 3.63) is 12.2 Å². The average Bonchev–Trinajstić information content (AvgIpc) is 2.91. The van der Waals surface area contributed by atoms with Crippen molar-refractivity contribution in [1.29, 1.82) is 0 Å². The molecule has 1 aromatic heterocycles. The van der Waals surface area contributed by atoms with Crippen molar-refractivity contribution in [3.63, 3.8) is 0 Å². The Morgan fingerprint density at radius 1 is 1.48 bits per heavy atom. The fourth-order valence-electron chi connectivity index (χ4n) is 2.97. The molecule has 0 radical (unpaired) electrons. The summed E-state index contributed by atoms with van der Waals surface area (Å²) in [6.07, 6.45) is 7.66. The van der Waals surface area contributed by atoms with Crippen LogP contribution >= 0.6 is 0 Å². The van der Waals surface area contributed by atoms with E-state index in [2.05, 4.69) is 22.3 Å². The standard InChI is InChI=1S/C15H28N4O2/c1-3-12-6-4-5-7-14(12)21-10-13(20)8-16-9-15-17-11-19(2)18-15/h11-14,16,20H,3-10H2,1-2H3. The van der Waals surface area contributed by atoms with Crippen LogP contribution < -0.4 is 5.32 Å². The molecule has 3 atom stereocenters. The summed E-state index contributed by atoms with van der Waals surface area (Å²) in [5.74, 6) is 1.40. The van der Waals surface area contributed by atoms with Crippen molar-refractivity contribution in [2.24, 2.45) is 13.0 Å². The van der Waals surface area contributed by atoms with Gasteiger partial charge in [-0.15, -0.1) is 0 Å². The van der Waals surface area contributed by atoms with Crippen LogP contribution in [0.25, 0.3) is 0 Å². The van der Waals surface area contributed by atoms with E-state index < -0.39 is 6.10 Å². The van der Waals surface area contributed by atoms with Gasteiger partial charge in [0.15, 0.2) is 5.82 Å². The van der Waals surface area contributed by atoms with Crippen LogP contribution in [-0.4, -0.2) is 45.2 Å². The molecule has 1 fully saturated rings. The Kier molecular flexibility index (Phi) is 6.60. The first-order valence-electron chi connectivity index (χ1n) is 8.04. The lowest BCUT2D eigenvalue weighted by Crippen LogP contribution is -2.35. The third kappa shape index (κ3) is 5.37. The summed E-state index contributed by atoms with van der Waals surface area (Å²) in [5.41, 5.74) is 0. The van der Waals surface area contributed by atoms with E-state index in [1.54, 1.807) is 11.0 Å². The number of aryl methyl sites for hydroxylation is 1. The van der Waals surface area contributed by atoms with E-state index in [0.717, 1.165) is 12.2 Å². The molecule has 1 aromatic rings. The Labute approximate surface area is 126 Å². The van der Waals surface area contributed by atoms with Crippen molar-refractivity contribution in [1.82, 2.24) is 20.1 Å². The monoisotopic (exact) mass is 296 g/mol. The lowest BCUT2D eigenvalue weighted by atomic mass is 9.85. The number of hydrogen-bond acceptors (Lipinski definition) is 5. The highest BCUT2D eigenvalue weighted by atomic mass is 16.5. The molecule has 6 nitrogen and oxygen atoms in total. The van der Waals surface area contributed by atoms with E-state index >= 15 is 0 Å². The third-order valence-electron chi connectivity index (χ3n) is 4.18. The minimum Gasteiger partial charge on any atom is -0.389 e. The molecular formula is C15H28N4O2. The van der Waals surface area contributed by atoms with Crippen LogP contribution in [0.4, 0.5) is 0 Å². The lowest BCUT2D eigenvalue weighted by molar-refractivity contribution is -0.0499. The smallest absolute Gasteiger partial charge is 0.164 e. The number of aliphatic hydroxyl groups excluding tert-OH is 1. The van der Waals surface area contributed by atoms with Gasteiger partial charge in [0.2, 0.25) is 0 Å². The highest BCUT2D eigenvalue weighted by Gasteiger charge is 2.24. The van der Waals surface area contributed by atoms with Gasteiger partial charge in [0.1, 0.15) is 6.33 Å². The molecule has 2 rings (SSSR count). The molecular weight excluding hydrogens is 268 g/mol. The van der Waals surface area contributed by atoms with Crippen molar-refractivity contribution >= 4 is 0 Å². The first-order valence-corrected chi connectivity index (χ1v) is 8.04. The molecule has 0 spiro atoms. The van der Waals surface area contributed by atoms with Gasteiger partial charge in [0, 0.05) is 13.6 Å². The van der Waals surface area contributed by atoms with E-state index in [0.29, 0.717) is 31.7 Å². The van der Waals surface area contributed by atoms with Crippen molar-refractivity contribution in [2.75, 3.05) is 13.2 Å². The van der Waals surface area contributed by atoms with E-state index in [1.165, 1.54) is 25.7 Å². The fourth-order valence-corrected chi connectivity index (χ4v) is 2.97. The molecule has 1 aliphatic carbocycles. The number of nitrogens with zero attached hydrogens (tertiary/aromatic N) is 3. The summed E-state index contributed by atoms with van der Waals surface area (Å²) in [4.78, 5) is 4.13. The average molecular weight is 296 g/mol. The van der Waals surface area contributed by atoms with E-state index in [1.807, 2.05) is 7.05 Å². The second-order valence-electron chi connectivity index (χ2n) is 5.94. The van der Waals surface area contributed by atoms with Crippen LogP contribution in [0.15, 0.2) is 6.33 Å². The largest absolute Gasteiger partial charge is 0.389 e. The van der Waals surface area contributed by atoms with Crippen molar-refractivity contribution in [2.45, 2.75) is 57.8 Å². The number of ether oxygens (including phenoxy) is 1. The molecule has 3 unspecified atom stereocenters. The van der Waals surface area contributed by atoms with E-state index in [9.17, 15) is 5.11 Å². The summed E-state index contributed by atoms with van der Waals surface area (Å²) < 4.78 is 7.60. The molecule has 1 saturated carbocycles. The predicted octanol–water partition coefficient (Wildman–Crippen LogP) is 1.25. The van der Waals surface area contributed by atoms with E-state index in [-0.39, 0.29) is 0 Å². The first kappa shape index (κ1) is 16.4. The number of rotatable bonds is 8. The zero-order chi connectivity index (χ0) is 15.1. The third-order valence-corrected chi connectivity index (χ3v) is 4.18. The molecule has 21 heavy (non-hydrogen) atoms. The summed E-state index contributed by atoms with van der Waals surface area (Å²) >= 11 is 0. The van der Waals surface area contributed by atoms with Gasteiger partial charge in [-0.2, -0.15) is 5.10 Å². The summed E-state index contributed by atoms with van der Waals surface area (Å²) in [6, 6.07) is 0. The second kappa shape index (κ2) is 8.46. The Hall–Kier alpha value is -0.980. The molecule has 1 aliphatic rings. The molecule has 0 saturated heterocycles. The Morgan fingerprint density at radius 3 is 3.00 bits per heavy atom. The highest BCUT2D eigenvalue weighted by Crippen LogP contribution is 2.29. The molecule has 0 aromatic carbocycles. The minimum absolute atomic E-state index is 0.329. The maximum absolute atomic E-state index is 9.99. The number of hydrogen-bond donors (Lipinski definition) is 2. The molecule has 0 bridgehead atoms. The SMILES string of the molecule is CCC1CCCCC1OCC(O)CNCc1ncn(C)n1. The van der Waals surface area contributed by atoms with Gasteiger partial charge in [0.25, 0.3) is 0 Å². The summed E-state index contributed by atoms with van der Waals surface area (Å²) in [7, 11) is 1.84. The first-order chi connectivity index (χ1) is 10.2. The van der Waals surface area contributed by atoms with Gasteiger partial charge in [-0.3, -0.25) is 4.68 Å². The van der Waals surface area contributed by atoms with Crippen LogP contribution in [0.1, 0.15) is 44.9 Å². The normalized spacial score (nSPS) is 24.1. The molecule has 0 aliphatic heterocycles. The number of aliphatic hydroxyl groups is 1. The van der Waals surface area contributed by atoms with Crippen LogP contribution in [0.3, 0.4) is 0 Å². The summed E-state index contributed by atoms with van der Waals surface area (Å²) in [5, 5.41) is 17.3. The minimum atomic E-state index is -0.479. The quantitative estimate of drug-likeness (QED) is 0.755. The van der Waals surface area contributed by atoms with Gasteiger partial charge in [-0.1, -0.05) is 26.2 Å². The van der Waals surface area contributed by atoms with Crippen LogP contribution in [0.2, 0.25) is 0 Å². The van der Waals surface area contributed by atoms with Gasteiger partial charge in [0.05, 0.1) is 25.4 Å². The zero-order valence-electron chi connectivity index (χ0n) is 13.2. The summed E-state index contributed by atoms with van der Waals surface area (Å²) in [6.45, 7) is 3.70. The maximum atomic E-state index is 9.99. The predicted molar refractivity (Wildman–Crippen MR) is 80.7 cm³/mol. The highest BCUT2D eigenvalue weighted by molar-refractivity contribution is 4.80. The van der Waals surface area contributed by atoms with Gasteiger partial charge in [-0.05, 0) is 18.8 Å². The zero-order valence-corrected chi connectivity index (χ0v) is 13.2. The van der Waals surface area contributed by atoms with Gasteiger partial charge >= 0.3 is 0 Å². The van der Waals surface area contributed by atoms with E-state index in [4.69, 9.17) is 4.74 Å². The van der Waals surface area contributed by atoms with Crippen molar-refractivity contribution < 1.29 is 9.84 Å². The lowest BCUT2D eigenvalue weighted by Gasteiger charge is -2.31. The van der Waals surface area contributed by atoms with Gasteiger partial charge in [-0.25, -0.2) is 4.98 Å². The van der Waals surface area contributed by atoms with Crippen LogP contribution in [0, 0.1) is 5.92 Å². The maximum Gasteiger partial charge on any atom is 0.164 e. The van der Waals surface area contributed by atoms with Crippen molar-refractivity contribution in [3.8, 4) is 0 Å². The second-order valence-corrected chi connectivity index (χ2v) is 5.94. The molecule has 1 heterocycles. The van der Waals surface area contributed by atoms with Crippen LogP contribution in [-0.2, 0) is 18.3 Å². The molecule has 2 N–H and O–H groups in total. The topological polar surface area (TPSA) is 72.2 Å². The van der Waals surface area contributed by atoms with Crippen LogP contribution in [0.5, 0.6) is 0 Å². The Balaban J connectivity index is 1.61. The molecule has 6 heteroatoms.